The molecular formula is C14H19N3O. The zero-order valence-electron chi connectivity index (χ0n) is 11.1. The van der Waals surface area contributed by atoms with Gasteiger partial charge in [-0.2, -0.15) is 0 Å². The van der Waals surface area contributed by atoms with Crippen molar-refractivity contribution in [3.05, 3.63) is 48.0 Å². The highest BCUT2D eigenvalue weighted by molar-refractivity contribution is 5.46. The number of hydrogen-bond acceptors (Lipinski definition) is 3. The number of imidazole rings is 1. The van der Waals surface area contributed by atoms with Gasteiger partial charge in [0, 0.05) is 32.2 Å². The fourth-order valence-electron chi connectivity index (χ4n) is 2.03. The third kappa shape index (κ3) is 2.90. The Labute approximate surface area is 108 Å². The number of methoxy groups -OCH3 is 1. The average molecular weight is 245 g/mol. The Morgan fingerprint density at radius 2 is 2.28 bits per heavy atom. The lowest BCUT2D eigenvalue weighted by Crippen LogP contribution is -2.11. The van der Waals surface area contributed by atoms with Crippen LogP contribution in [0.2, 0.25) is 0 Å². The van der Waals surface area contributed by atoms with E-state index in [2.05, 4.69) is 35.4 Å². The number of rotatable bonds is 5. The van der Waals surface area contributed by atoms with Crippen LogP contribution in [0.3, 0.4) is 0 Å². The summed E-state index contributed by atoms with van der Waals surface area (Å²) < 4.78 is 7.16. The van der Waals surface area contributed by atoms with Crippen LogP contribution in [0, 0.1) is 0 Å². The Hall–Kier alpha value is -1.81. The molecule has 1 aromatic heterocycles. The molecule has 4 heteroatoms. The first-order valence-corrected chi connectivity index (χ1v) is 6.02. The molecule has 2 aromatic rings. The molecule has 0 saturated carbocycles. The van der Waals surface area contributed by atoms with E-state index in [9.17, 15) is 0 Å². The van der Waals surface area contributed by atoms with E-state index < -0.39 is 0 Å². The Balaban J connectivity index is 2.09. The van der Waals surface area contributed by atoms with Crippen molar-refractivity contribution in [2.75, 3.05) is 12.4 Å². The molecule has 0 spiro atoms. The fourth-order valence-corrected chi connectivity index (χ4v) is 2.03. The second-order valence-electron chi connectivity index (χ2n) is 4.40. The van der Waals surface area contributed by atoms with Gasteiger partial charge in [-0.1, -0.05) is 12.1 Å². The van der Waals surface area contributed by atoms with Gasteiger partial charge in [0.05, 0.1) is 12.6 Å². The lowest BCUT2D eigenvalue weighted by molar-refractivity contribution is 0.185. The average Bonchev–Trinajstić information content (AvgIpc) is 2.76. The second-order valence-corrected chi connectivity index (χ2v) is 4.40. The summed E-state index contributed by atoms with van der Waals surface area (Å²) in [6.07, 6.45) is 3.77. The molecule has 1 heterocycles. The molecule has 0 amide bonds. The van der Waals surface area contributed by atoms with Gasteiger partial charge in [-0.3, -0.25) is 0 Å². The molecule has 1 aromatic carbocycles. The number of nitrogens with one attached hydrogen (secondary N) is 1. The molecule has 1 unspecified atom stereocenters. The molecule has 0 aliphatic rings. The minimum Gasteiger partial charge on any atom is -0.380 e. The molecular weight excluding hydrogens is 226 g/mol. The van der Waals surface area contributed by atoms with E-state index in [1.165, 1.54) is 0 Å². The summed E-state index contributed by atoms with van der Waals surface area (Å²) in [6.45, 7) is 2.73. The van der Waals surface area contributed by atoms with Gasteiger partial charge in [-0.15, -0.1) is 0 Å². The van der Waals surface area contributed by atoms with Crippen molar-refractivity contribution < 1.29 is 4.74 Å². The van der Waals surface area contributed by atoms with Crippen molar-refractivity contribution in [1.82, 2.24) is 9.55 Å². The largest absolute Gasteiger partial charge is 0.380 e. The van der Waals surface area contributed by atoms with Gasteiger partial charge in [0.15, 0.2) is 0 Å². The third-order valence-corrected chi connectivity index (χ3v) is 2.87. The smallest absolute Gasteiger partial charge is 0.130 e. The van der Waals surface area contributed by atoms with Crippen molar-refractivity contribution >= 4 is 5.69 Å². The zero-order chi connectivity index (χ0) is 13.0. The Kier molecular flexibility index (Phi) is 3.99. The molecule has 0 fully saturated rings. The Bertz CT molecular complexity index is 507. The topological polar surface area (TPSA) is 39.1 Å². The van der Waals surface area contributed by atoms with Crippen LogP contribution in [0.25, 0.3) is 0 Å². The van der Waals surface area contributed by atoms with E-state index in [0.29, 0.717) is 6.61 Å². The minimum atomic E-state index is 0.169. The summed E-state index contributed by atoms with van der Waals surface area (Å²) in [5.74, 6) is 1.02. The van der Waals surface area contributed by atoms with E-state index >= 15 is 0 Å². The highest BCUT2D eigenvalue weighted by atomic mass is 16.5. The maximum Gasteiger partial charge on any atom is 0.130 e. The molecule has 4 nitrogen and oxygen atoms in total. The summed E-state index contributed by atoms with van der Waals surface area (Å²) in [6, 6.07) is 8.41. The first kappa shape index (κ1) is 12.6. The van der Waals surface area contributed by atoms with Crippen molar-refractivity contribution in [3.63, 3.8) is 0 Å². The van der Waals surface area contributed by atoms with Crippen LogP contribution in [-0.4, -0.2) is 16.7 Å². The van der Waals surface area contributed by atoms with Gasteiger partial charge in [0.1, 0.15) is 5.82 Å². The molecule has 18 heavy (non-hydrogen) atoms. The molecule has 1 N–H and O–H groups in total. The van der Waals surface area contributed by atoms with Crippen LogP contribution in [0.4, 0.5) is 5.69 Å². The molecule has 0 aliphatic carbocycles. The van der Waals surface area contributed by atoms with E-state index in [1.54, 1.807) is 7.11 Å². The number of ether oxygens (including phenoxy) is 1. The van der Waals surface area contributed by atoms with Gasteiger partial charge in [-0.05, 0) is 24.6 Å². The predicted molar refractivity (Wildman–Crippen MR) is 72.4 cm³/mol. The van der Waals surface area contributed by atoms with Crippen LogP contribution >= 0.6 is 0 Å². The van der Waals surface area contributed by atoms with Gasteiger partial charge in [0.25, 0.3) is 0 Å². The Morgan fingerprint density at radius 1 is 1.44 bits per heavy atom. The van der Waals surface area contributed by atoms with E-state index in [0.717, 1.165) is 17.1 Å². The first-order chi connectivity index (χ1) is 8.70. The minimum absolute atomic E-state index is 0.169. The van der Waals surface area contributed by atoms with Crippen LogP contribution in [0.5, 0.6) is 0 Å². The number of aryl methyl sites for hydroxylation is 1. The lowest BCUT2D eigenvalue weighted by atomic mass is 10.2. The van der Waals surface area contributed by atoms with Crippen LogP contribution in [0.15, 0.2) is 36.7 Å². The van der Waals surface area contributed by atoms with E-state index in [4.69, 9.17) is 4.74 Å². The number of anilines is 1. The molecule has 0 saturated heterocycles. The lowest BCUT2D eigenvalue weighted by Gasteiger charge is -2.15. The number of benzene rings is 1. The third-order valence-electron chi connectivity index (χ3n) is 2.87. The summed E-state index contributed by atoms with van der Waals surface area (Å²) in [7, 11) is 3.71. The van der Waals surface area contributed by atoms with E-state index in [-0.39, 0.29) is 6.04 Å². The maximum atomic E-state index is 5.13. The van der Waals surface area contributed by atoms with Crippen molar-refractivity contribution in [3.8, 4) is 0 Å². The van der Waals surface area contributed by atoms with Crippen LogP contribution < -0.4 is 5.32 Å². The second kappa shape index (κ2) is 5.69. The van der Waals surface area contributed by atoms with Crippen molar-refractivity contribution in [1.29, 1.82) is 0 Å². The molecule has 96 valence electrons. The fraction of sp³-hybridized carbons (Fsp3) is 0.357. The maximum absolute atomic E-state index is 5.13. The normalized spacial score (nSPS) is 12.4. The van der Waals surface area contributed by atoms with Crippen molar-refractivity contribution in [2.45, 2.75) is 19.6 Å². The highest BCUT2D eigenvalue weighted by Crippen LogP contribution is 2.18. The summed E-state index contributed by atoms with van der Waals surface area (Å²) in [5, 5.41) is 3.45. The number of hydrogen-bond donors (Lipinski definition) is 1. The monoisotopic (exact) mass is 245 g/mol. The number of aromatic nitrogens is 2. The Morgan fingerprint density at radius 3 is 2.94 bits per heavy atom. The zero-order valence-corrected chi connectivity index (χ0v) is 11.1. The standard InChI is InChI=1S/C14H19N3O/c1-11(14-15-7-8-17(14)2)16-13-6-4-5-12(9-13)10-18-3/h4-9,11,16H,10H2,1-3H3. The van der Waals surface area contributed by atoms with Crippen LogP contribution in [0.1, 0.15) is 24.4 Å². The highest BCUT2D eigenvalue weighted by Gasteiger charge is 2.09. The molecule has 0 radical (unpaired) electrons. The first-order valence-electron chi connectivity index (χ1n) is 6.02. The van der Waals surface area contributed by atoms with E-state index in [1.807, 2.05) is 30.1 Å². The van der Waals surface area contributed by atoms with Gasteiger partial charge in [0.2, 0.25) is 0 Å². The molecule has 0 bridgehead atoms. The van der Waals surface area contributed by atoms with Crippen molar-refractivity contribution in [2.24, 2.45) is 7.05 Å². The summed E-state index contributed by atoms with van der Waals surface area (Å²) in [4.78, 5) is 4.35. The predicted octanol–water partition coefficient (Wildman–Crippen LogP) is 2.74. The summed E-state index contributed by atoms with van der Waals surface area (Å²) in [5.41, 5.74) is 2.24. The molecule has 0 aliphatic heterocycles. The van der Waals surface area contributed by atoms with Gasteiger partial charge < -0.3 is 14.6 Å². The quantitative estimate of drug-likeness (QED) is 0.880. The summed E-state index contributed by atoms with van der Waals surface area (Å²) >= 11 is 0. The number of nitrogens with zero attached hydrogens (tertiary/aromatic N) is 2. The van der Waals surface area contributed by atoms with Gasteiger partial charge in [-0.25, -0.2) is 4.98 Å². The SMILES string of the molecule is COCc1cccc(NC(C)c2nccn2C)c1. The van der Waals surface area contributed by atoms with Gasteiger partial charge >= 0.3 is 0 Å². The molecule has 1 atom stereocenters. The van der Waals surface area contributed by atoms with Crippen LogP contribution in [-0.2, 0) is 18.4 Å². The molecule has 2 rings (SSSR count).